The van der Waals surface area contributed by atoms with E-state index in [2.05, 4.69) is 0 Å². The van der Waals surface area contributed by atoms with Crippen molar-refractivity contribution in [1.82, 2.24) is 0 Å². The van der Waals surface area contributed by atoms with Gasteiger partial charge in [-0.15, -0.1) is 0 Å². The van der Waals surface area contributed by atoms with Crippen molar-refractivity contribution in [3.8, 4) is 0 Å². The lowest BCUT2D eigenvalue weighted by Gasteiger charge is -2.13. The van der Waals surface area contributed by atoms with Gasteiger partial charge in [-0.25, -0.2) is 12.8 Å². The first-order valence-electron chi connectivity index (χ1n) is 5.28. The van der Waals surface area contributed by atoms with Crippen LogP contribution in [0.2, 0.25) is 0 Å². The summed E-state index contributed by atoms with van der Waals surface area (Å²) in [5.74, 6) is -0.688. The Morgan fingerprint density at radius 2 is 2.12 bits per heavy atom. The fourth-order valence-corrected chi connectivity index (χ4v) is 4.51. The highest BCUT2D eigenvalue weighted by Gasteiger charge is 2.44. The highest BCUT2D eigenvalue weighted by molar-refractivity contribution is 7.92. The summed E-state index contributed by atoms with van der Waals surface area (Å²) < 4.78 is 37.7. The van der Waals surface area contributed by atoms with Crippen LogP contribution >= 0.6 is 0 Å². The van der Waals surface area contributed by atoms with Gasteiger partial charge in [-0.3, -0.25) is 0 Å². The summed E-state index contributed by atoms with van der Waals surface area (Å²) >= 11 is 0. The number of halogens is 1. The van der Waals surface area contributed by atoms with E-state index in [9.17, 15) is 12.8 Å². The second kappa shape index (κ2) is 3.82. The molecular formula is C11H14FNO2S. The lowest BCUT2D eigenvalue weighted by molar-refractivity contribution is 0.552. The molecule has 2 rings (SSSR count). The van der Waals surface area contributed by atoms with Crippen LogP contribution in [0.3, 0.4) is 0 Å². The molecule has 1 aliphatic rings. The third kappa shape index (κ3) is 1.46. The minimum atomic E-state index is -3.59. The molecule has 5 heteroatoms. The minimum Gasteiger partial charge on any atom is -0.323 e. The Kier molecular flexibility index (Phi) is 2.75. The van der Waals surface area contributed by atoms with E-state index in [-0.39, 0.29) is 4.90 Å². The minimum absolute atomic E-state index is 0.194. The summed E-state index contributed by atoms with van der Waals surface area (Å²) in [6.07, 6.45) is 1.19. The van der Waals surface area contributed by atoms with Crippen LogP contribution in [0.25, 0.3) is 0 Å². The second-order valence-corrected chi connectivity index (χ2v) is 6.16. The van der Waals surface area contributed by atoms with E-state index >= 15 is 0 Å². The van der Waals surface area contributed by atoms with Gasteiger partial charge in [0.15, 0.2) is 9.84 Å². The molecule has 0 saturated carbocycles. The van der Waals surface area contributed by atoms with E-state index in [1.807, 2.05) is 6.92 Å². The van der Waals surface area contributed by atoms with Gasteiger partial charge in [0.2, 0.25) is 0 Å². The summed E-state index contributed by atoms with van der Waals surface area (Å²) in [5.41, 5.74) is 6.29. The van der Waals surface area contributed by atoms with Crippen LogP contribution in [0.15, 0.2) is 23.1 Å². The third-order valence-electron chi connectivity index (χ3n) is 3.01. The highest BCUT2D eigenvalue weighted by atomic mass is 32.2. The van der Waals surface area contributed by atoms with Crippen molar-refractivity contribution in [2.75, 3.05) is 0 Å². The van der Waals surface area contributed by atoms with E-state index < -0.39 is 26.9 Å². The number of hydrogen-bond donors (Lipinski definition) is 1. The van der Waals surface area contributed by atoms with Crippen molar-refractivity contribution in [1.29, 1.82) is 0 Å². The van der Waals surface area contributed by atoms with Crippen molar-refractivity contribution in [3.63, 3.8) is 0 Å². The predicted octanol–water partition coefficient (Wildman–Crippen LogP) is 1.78. The molecule has 1 aliphatic heterocycles. The number of fused-ring (bicyclic) bond motifs is 1. The Morgan fingerprint density at radius 3 is 2.69 bits per heavy atom. The standard InChI is InChI=1S/C11H14FNO2S/c1-2-4-9-10(13)7-5-3-6-8(12)11(7)16(9,14)15/h3,5-6,9-10H,2,4,13H2,1H3. The SMILES string of the molecule is CCCC1C(N)c2cccc(F)c2S1(=O)=O. The van der Waals surface area contributed by atoms with Crippen molar-refractivity contribution >= 4 is 9.84 Å². The van der Waals surface area contributed by atoms with E-state index in [0.29, 0.717) is 18.4 Å². The molecule has 0 aromatic heterocycles. The molecule has 0 amide bonds. The Labute approximate surface area is 94.4 Å². The van der Waals surface area contributed by atoms with Crippen LogP contribution in [0.5, 0.6) is 0 Å². The zero-order valence-corrected chi connectivity index (χ0v) is 9.80. The zero-order valence-electron chi connectivity index (χ0n) is 8.98. The van der Waals surface area contributed by atoms with Crippen LogP contribution in [0, 0.1) is 5.82 Å². The van der Waals surface area contributed by atoms with Gasteiger partial charge in [-0.1, -0.05) is 25.5 Å². The molecule has 0 saturated heterocycles. The normalized spacial score (nSPS) is 26.7. The number of hydrogen-bond acceptors (Lipinski definition) is 3. The lowest BCUT2D eigenvalue weighted by Crippen LogP contribution is -2.26. The molecule has 0 spiro atoms. The average Bonchev–Trinajstić information content (AvgIpc) is 2.41. The molecule has 16 heavy (non-hydrogen) atoms. The number of nitrogens with two attached hydrogens (primary N) is 1. The second-order valence-electron chi connectivity index (χ2n) is 4.06. The number of sulfone groups is 1. The quantitative estimate of drug-likeness (QED) is 0.861. The average molecular weight is 243 g/mol. The fourth-order valence-electron chi connectivity index (χ4n) is 2.25. The first kappa shape index (κ1) is 11.5. The van der Waals surface area contributed by atoms with E-state index in [1.54, 1.807) is 6.07 Å². The largest absolute Gasteiger partial charge is 0.323 e. The molecule has 0 radical (unpaired) electrons. The molecular weight excluding hydrogens is 229 g/mol. The fraction of sp³-hybridized carbons (Fsp3) is 0.455. The van der Waals surface area contributed by atoms with Gasteiger partial charge in [-0.2, -0.15) is 0 Å². The number of benzene rings is 1. The van der Waals surface area contributed by atoms with Gasteiger partial charge in [-0.05, 0) is 18.1 Å². The van der Waals surface area contributed by atoms with Gasteiger partial charge >= 0.3 is 0 Å². The van der Waals surface area contributed by atoms with E-state index in [1.165, 1.54) is 6.07 Å². The van der Waals surface area contributed by atoms with Crippen LogP contribution in [0.4, 0.5) is 4.39 Å². The summed E-state index contributed by atoms with van der Waals surface area (Å²) in [7, 11) is -3.59. The molecule has 2 atom stereocenters. The van der Waals surface area contributed by atoms with Crippen LogP contribution in [-0.4, -0.2) is 13.7 Å². The van der Waals surface area contributed by atoms with Crippen molar-refractivity contribution < 1.29 is 12.8 Å². The van der Waals surface area contributed by atoms with Gasteiger partial charge in [0.05, 0.1) is 5.25 Å². The van der Waals surface area contributed by atoms with Crippen LogP contribution in [0.1, 0.15) is 31.4 Å². The summed E-state index contributed by atoms with van der Waals surface area (Å²) in [4.78, 5) is -0.194. The Morgan fingerprint density at radius 1 is 1.44 bits per heavy atom. The maximum absolute atomic E-state index is 13.5. The molecule has 1 aromatic rings. The van der Waals surface area contributed by atoms with Crippen molar-refractivity contribution in [2.24, 2.45) is 5.73 Å². The first-order valence-corrected chi connectivity index (χ1v) is 6.82. The monoisotopic (exact) mass is 243 g/mol. The lowest BCUT2D eigenvalue weighted by atomic mass is 10.0. The molecule has 0 bridgehead atoms. The molecule has 0 aliphatic carbocycles. The predicted molar refractivity (Wildman–Crippen MR) is 59.2 cm³/mol. The summed E-state index contributed by atoms with van der Waals surface area (Å²) in [6, 6.07) is 3.65. The summed E-state index contributed by atoms with van der Waals surface area (Å²) in [5, 5.41) is -0.676. The van der Waals surface area contributed by atoms with Crippen molar-refractivity contribution in [2.45, 2.75) is 36.0 Å². The zero-order chi connectivity index (χ0) is 11.9. The third-order valence-corrected chi connectivity index (χ3v) is 5.34. The molecule has 2 unspecified atom stereocenters. The van der Waals surface area contributed by atoms with Gasteiger partial charge in [0.25, 0.3) is 0 Å². The Balaban J connectivity index is 2.63. The highest BCUT2D eigenvalue weighted by Crippen LogP contribution is 2.40. The van der Waals surface area contributed by atoms with Gasteiger partial charge in [0.1, 0.15) is 10.7 Å². The van der Waals surface area contributed by atoms with Crippen LogP contribution < -0.4 is 5.73 Å². The van der Waals surface area contributed by atoms with E-state index in [4.69, 9.17) is 5.73 Å². The van der Waals surface area contributed by atoms with Crippen molar-refractivity contribution in [3.05, 3.63) is 29.6 Å². The maximum atomic E-state index is 13.5. The van der Waals surface area contributed by atoms with E-state index in [0.717, 1.165) is 6.07 Å². The number of rotatable bonds is 2. The molecule has 88 valence electrons. The Bertz CT molecular complexity index is 513. The molecule has 1 heterocycles. The molecule has 3 nitrogen and oxygen atoms in total. The van der Waals surface area contributed by atoms with Gasteiger partial charge < -0.3 is 5.73 Å². The molecule has 1 aromatic carbocycles. The molecule has 2 N–H and O–H groups in total. The molecule has 0 fully saturated rings. The van der Waals surface area contributed by atoms with Crippen LogP contribution in [-0.2, 0) is 9.84 Å². The smallest absolute Gasteiger partial charge is 0.186 e. The first-order chi connectivity index (χ1) is 7.50. The van der Waals surface area contributed by atoms with Gasteiger partial charge in [0, 0.05) is 6.04 Å². The maximum Gasteiger partial charge on any atom is 0.186 e. The summed E-state index contributed by atoms with van der Waals surface area (Å²) in [6.45, 7) is 1.89. The topological polar surface area (TPSA) is 60.2 Å². The Hall–Kier alpha value is -0.940.